The minimum Gasteiger partial charge on any atom is -0.312 e. The standard InChI is InChI=1S/2C13H14N.Fe/c2*1-14-13(12-9-5-6-10-12)11-7-3-2-4-8-11;/h2*2-10,13-14H,1H3;/q;;+2/t2*13-;/m11./s1. The molecule has 2 atom stereocenters. The second kappa shape index (κ2) is 13.2. The molecule has 0 saturated heterocycles. The molecule has 0 aliphatic heterocycles. The summed E-state index contributed by atoms with van der Waals surface area (Å²) >= 11 is 0. The zero-order valence-electron chi connectivity index (χ0n) is 16.9. The van der Waals surface area contributed by atoms with Gasteiger partial charge >= 0.3 is 17.1 Å². The molecule has 2 aromatic carbocycles. The third-order valence-electron chi connectivity index (χ3n) is 4.89. The zero-order valence-corrected chi connectivity index (χ0v) is 18.0. The van der Waals surface area contributed by atoms with Crippen molar-refractivity contribution in [3.63, 3.8) is 0 Å². The molecule has 0 aromatic heterocycles. The Kier molecular flexibility index (Phi) is 11.0. The van der Waals surface area contributed by atoms with Gasteiger partial charge in [0.1, 0.15) is 0 Å². The summed E-state index contributed by atoms with van der Waals surface area (Å²) in [5.41, 5.74) is 2.61. The second-order valence-corrected chi connectivity index (χ2v) is 6.70. The van der Waals surface area contributed by atoms with E-state index in [-0.39, 0.29) is 17.1 Å². The van der Waals surface area contributed by atoms with Crippen LogP contribution < -0.4 is 10.6 Å². The number of rotatable bonds is 6. The molecular formula is C26H28FeN2+2. The van der Waals surface area contributed by atoms with Crippen LogP contribution in [0.2, 0.25) is 0 Å². The summed E-state index contributed by atoms with van der Waals surface area (Å²) < 4.78 is 0. The molecule has 10 radical (unpaired) electrons. The second-order valence-electron chi connectivity index (χ2n) is 6.70. The number of hydrogen-bond acceptors (Lipinski definition) is 2. The molecule has 2 N–H and O–H groups in total. The summed E-state index contributed by atoms with van der Waals surface area (Å²) in [5.74, 6) is 2.64. The van der Waals surface area contributed by atoms with E-state index >= 15 is 0 Å². The van der Waals surface area contributed by atoms with E-state index in [4.69, 9.17) is 0 Å². The van der Waals surface area contributed by atoms with Gasteiger partial charge in [-0.1, -0.05) is 60.7 Å². The van der Waals surface area contributed by atoms with Gasteiger partial charge in [0, 0.05) is 23.9 Å². The molecule has 0 spiro atoms. The molecular weight excluding hydrogens is 396 g/mol. The summed E-state index contributed by atoms with van der Waals surface area (Å²) in [5, 5.41) is 6.64. The smallest absolute Gasteiger partial charge is 0.312 e. The van der Waals surface area contributed by atoms with Gasteiger partial charge in [-0.15, -0.1) is 0 Å². The largest absolute Gasteiger partial charge is 2.00 e. The van der Waals surface area contributed by atoms with Gasteiger partial charge in [-0.3, -0.25) is 0 Å². The van der Waals surface area contributed by atoms with Crippen molar-refractivity contribution < 1.29 is 17.1 Å². The summed E-state index contributed by atoms with van der Waals surface area (Å²) in [4.78, 5) is 0. The average Bonchev–Trinajstić information content (AvgIpc) is 3.46. The van der Waals surface area contributed by atoms with Gasteiger partial charge in [-0.25, -0.2) is 0 Å². The molecule has 29 heavy (non-hydrogen) atoms. The third kappa shape index (κ3) is 6.96. The fourth-order valence-electron chi connectivity index (χ4n) is 3.51. The SMILES string of the molecule is CN[C@@H]([C]1[CH][CH][CH][CH]1)c1ccccc1.CN[C@@H]([C]1[CH][CH][CH][CH]1)c1ccccc1.[Fe+2]. The fourth-order valence-corrected chi connectivity index (χ4v) is 3.51. The zero-order chi connectivity index (χ0) is 19.6. The molecule has 2 aliphatic carbocycles. The van der Waals surface area contributed by atoms with Crippen LogP contribution in [0.25, 0.3) is 0 Å². The van der Waals surface area contributed by atoms with Gasteiger partial charge in [0.05, 0.1) is 0 Å². The van der Waals surface area contributed by atoms with E-state index in [1.807, 2.05) is 26.2 Å². The first kappa shape index (κ1) is 24.2. The van der Waals surface area contributed by atoms with E-state index in [0.29, 0.717) is 12.1 Å². The van der Waals surface area contributed by atoms with Crippen LogP contribution in [0.15, 0.2) is 60.7 Å². The van der Waals surface area contributed by atoms with E-state index < -0.39 is 0 Å². The Morgan fingerprint density at radius 2 is 0.828 bits per heavy atom. The van der Waals surface area contributed by atoms with E-state index in [1.54, 1.807) is 0 Å². The molecule has 0 bridgehead atoms. The van der Waals surface area contributed by atoms with Crippen LogP contribution in [0.1, 0.15) is 23.2 Å². The predicted molar refractivity (Wildman–Crippen MR) is 117 cm³/mol. The normalized spacial score (nSPS) is 19.1. The Hall–Kier alpha value is -1.12. The molecule has 2 fully saturated rings. The van der Waals surface area contributed by atoms with Gasteiger partial charge in [-0.05, 0) is 76.6 Å². The summed E-state index contributed by atoms with van der Waals surface area (Å²) in [6.45, 7) is 0. The Labute approximate surface area is 188 Å². The van der Waals surface area contributed by atoms with Gasteiger partial charge in [0.15, 0.2) is 0 Å². The first-order chi connectivity index (χ1) is 13.8. The van der Waals surface area contributed by atoms with Gasteiger partial charge in [0.25, 0.3) is 0 Å². The first-order valence-electron chi connectivity index (χ1n) is 9.71. The summed E-state index contributed by atoms with van der Waals surface area (Å²) in [6, 6.07) is 21.6. The Balaban J connectivity index is 0.000000200. The molecule has 2 aliphatic rings. The minimum absolute atomic E-state index is 0. The minimum atomic E-state index is 0. The molecule has 3 heteroatoms. The van der Waals surface area contributed by atoms with Crippen LogP contribution in [0, 0.1) is 63.2 Å². The first-order valence-corrected chi connectivity index (χ1v) is 9.71. The van der Waals surface area contributed by atoms with E-state index in [1.165, 1.54) is 23.0 Å². The molecule has 0 heterocycles. The number of nitrogens with one attached hydrogen (secondary N) is 2. The maximum Gasteiger partial charge on any atom is 2.00 e. The van der Waals surface area contributed by atoms with E-state index in [0.717, 1.165) is 0 Å². The molecule has 0 amide bonds. The third-order valence-corrected chi connectivity index (χ3v) is 4.89. The van der Waals surface area contributed by atoms with Crippen LogP contribution in [0.5, 0.6) is 0 Å². The van der Waals surface area contributed by atoms with E-state index in [9.17, 15) is 0 Å². The van der Waals surface area contributed by atoms with Crippen molar-refractivity contribution in [1.82, 2.24) is 10.6 Å². The summed E-state index contributed by atoms with van der Waals surface area (Å²) in [7, 11) is 3.98. The van der Waals surface area contributed by atoms with Crippen LogP contribution in [0.4, 0.5) is 0 Å². The van der Waals surface area contributed by atoms with Crippen LogP contribution in [-0.4, -0.2) is 14.1 Å². The van der Waals surface area contributed by atoms with Crippen LogP contribution >= 0.6 is 0 Å². The monoisotopic (exact) mass is 424 g/mol. The molecule has 2 aromatic rings. The van der Waals surface area contributed by atoms with Crippen molar-refractivity contribution in [3.05, 3.63) is 135 Å². The average molecular weight is 424 g/mol. The molecule has 2 nitrogen and oxygen atoms in total. The van der Waals surface area contributed by atoms with Crippen molar-refractivity contribution in [2.24, 2.45) is 0 Å². The topological polar surface area (TPSA) is 24.1 Å². The van der Waals surface area contributed by atoms with Gasteiger partial charge in [-0.2, -0.15) is 0 Å². The van der Waals surface area contributed by atoms with Crippen molar-refractivity contribution in [2.75, 3.05) is 14.1 Å². The maximum atomic E-state index is 3.32. The maximum absolute atomic E-state index is 3.32. The molecule has 148 valence electrons. The van der Waals surface area contributed by atoms with Crippen molar-refractivity contribution in [1.29, 1.82) is 0 Å². The predicted octanol–water partition coefficient (Wildman–Crippen LogP) is 4.70. The molecule has 2 saturated carbocycles. The van der Waals surface area contributed by atoms with Crippen LogP contribution in [0.3, 0.4) is 0 Å². The van der Waals surface area contributed by atoms with Gasteiger partial charge < -0.3 is 10.6 Å². The summed E-state index contributed by atoms with van der Waals surface area (Å²) in [6.07, 6.45) is 16.9. The molecule has 4 rings (SSSR count). The van der Waals surface area contributed by atoms with E-state index in [2.05, 4.69) is 111 Å². The Morgan fingerprint density at radius 1 is 0.517 bits per heavy atom. The Morgan fingerprint density at radius 3 is 1.10 bits per heavy atom. The quantitative estimate of drug-likeness (QED) is 0.657. The number of hydrogen-bond donors (Lipinski definition) is 2. The Bertz CT molecular complexity index is 589. The van der Waals surface area contributed by atoms with Crippen LogP contribution in [-0.2, 0) is 17.1 Å². The fraction of sp³-hybridized carbons (Fsp3) is 0.154. The number of benzene rings is 2. The van der Waals surface area contributed by atoms with Crippen molar-refractivity contribution in [3.8, 4) is 0 Å². The van der Waals surface area contributed by atoms with Gasteiger partial charge in [0.2, 0.25) is 0 Å². The molecule has 0 unspecified atom stereocenters. The van der Waals surface area contributed by atoms with Crippen molar-refractivity contribution in [2.45, 2.75) is 12.1 Å². The van der Waals surface area contributed by atoms with Crippen molar-refractivity contribution >= 4 is 0 Å².